The van der Waals surface area contributed by atoms with Crippen LogP contribution in [0.15, 0.2) is 24.3 Å². The first-order valence-corrected chi connectivity index (χ1v) is 10.7. The van der Waals surface area contributed by atoms with Crippen LogP contribution in [-0.4, -0.2) is 22.0 Å². The second-order valence-corrected chi connectivity index (χ2v) is 8.82. The molecular weight excluding hydrogens is 414 g/mol. The predicted octanol–water partition coefficient (Wildman–Crippen LogP) is 5.78. The number of ether oxygens (including phenoxy) is 2. The number of aromatic nitrogens is 2. The number of nitrogens with zero attached hydrogens (tertiary/aromatic N) is 3. The van der Waals surface area contributed by atoms with Gasteiger partial charge in [-0.15, -0.1) is 0 Å². The fraction of sp³-hybridized carbons (Fsp3) is 0.458. The Labute approximate surface area is 189 Å². The summed E-state index contributed by atoms with van der Waals surface area (Å²) in [5.74, 6) is -0.148. The van der Waals surface area contributed by atoms with E-state index in [9.17, 15) is 10.1 Å². The van der Waals surface area contributed by atoms with Gasteiger partial charge in [0.05, 0.1) is 10.7 Å². The van der Waals surface area contributed by atoms with Crippen LogP contribution in [0.4, 0.5) is 0 Å². The number of rotatable bonds is 7. The molecule has 7 heteroatoms. The summed E-state index contributed by atoms with van der Waals surface area (Å²) in [6, 6.07) is 9.98. The van der Waals surface area contributed by atoms with Crippen molar-refractivity contribution in [2.24, 2.45) is 7.05 Å². The molecule has 0 fully saturated rings. The van der Waals surface area contributed by atoms with Gasteiger partial charge in [0.15, 0.2) is 5.76 Å². The monoisotopic (exact) mass is 443 g/mol. The SMILES string of the molecule is CCCC(=O)OC(C)O/C(=C(/C#N)c1ccc(C(C)(C)C)cc1)c1c(Cl)c(C)nn1C. The summed E-state index contributed by atoms with van der Waals surface area (Å²) in [5, 5.41) is 14.8. The van der Waals surface area contributed by atoms with Crippen molar-refractivity contribution in [3.63, 3.8) is 0 Å². The lowest BCUT2D eigenvalue weighted by molar-refractivity contribution is -0.164. The zero-order valence-corrected chi connectivity index (χ0v) is 20.0. The predicted molar refractivity (Wildman–Crippen MR) is 122 cm³/mol. The average molecular weight is 444 g/mol. The van der Waals surface area contributed by atoms with E-state index >= 15 is 0 Å². The molecule has 0 bridgehead atoms. The lowest BCUT2D eigenvalue weighted by atomic mass is 9.86. The zero-order chi connectivity index (χ0) is 23.3. The minimum atomic E-state index is -0.905. The van der Waals surface area contributed by atoms with E-state index in [1.807, 2.05) is 31.2 Å². The van der Waals surface area contributed by atoms with Gasteiger partial charge in [-0.3, -0.25) is 9.48 Å². The molecule has 1 atom stereocenters. The van der Waals surface area contributed by atoms with Gasteiger partial charge in [0.25, 0.3) is 0 Å². The standard InChI is InChI=1S/C24H30ClN3O3/c1-8-9-20(29)30-16(3)31-23(22-21(25)15(2)27-28(22)7)19(14-26)17-10-12-18(13-11-17)24(4,5)6/h10-13,16H,8-9H2,1-7H3/b23-19-. The first kappa shape index (κ1) is 24.5. The minimum Gasteiger partial charge on any atom is -0.451 e. The number of hydrogen-bond acceptors (Lipinski definition) is 5. The van der Waals surface area contributed by atoms with Gasteiger partial charge in [-0.2, -0.15) is 10.4 Å². The van der Waals surface area contributed by atoms with Crippen molar-refractivity contribution in [2.45, 2.75) is 66.1 Å². The Kier molecular flexibility index (Phi) is 7.91. The number of benzene rings is 1. The van der Waals surface area contributed by atoms with E-state index < -0.39 is 6.29 Å². The molecule has 6 nitrogen and oxygen atoms in total. The van der Waals surface area contributed by atoms with Crippen molar-refractivity contribution >= 4 is 28.9 Å². The Hall–Kier alpha value is -2.78. The Morgan fingerprint density at radius 1 is 1.26 bits per heavy atom. The van der Waals surface area contributed by atoms with Crippen LogP contribution >= 0.6 is 11.6 Å². The fourth-order valence-corrected chi connectivity index (χ4v) is 3.38. The van der Waals surface area contributed by atoms with E-state index in [1.54, 1.807) is 25.6 Å². The highest BCUT2D eigenvalue weighted by Gasteiger charge is 2.25. The maximum absolute atomic E-state index is 11.9. The second kappa shape index (κ2) is 10.0. The molecule has 2 aromatic rings. The Morgan fingerprint density at radius 2 is 1.87 bits per heavy atom. The fourth-order valence-electron chi connectivity index (χ4n) is 3.13. The average Bonchev–Trinajstić information content (AvgIpc) is 2.93. The molecular formula is C24H30ClN3O3. The van der Waals surface area contributed by atoms with E-state index in [0.717, 1.165) is 5.56 Å². The molecule has 1 heterocycles. The molecule has 0 saturated heterocycles. The highest BCUT2D eigenvalue weighted by Crippen LogP contribution is 2.34. The number of nitriles is 1. The van der Waals surface area contributed by atoms with E-state index in [2.05, 4.69) is 31.9 Å². The van der Waals surface area contributed by atoms with Crippen molar-refractivity contribution in [2.75, 3.05) is 0 Å². The van der Waals surface area contributed by atoms with Gasteiger partial charge in [0, 0.05) is 20.4 Å². The van der Waals surface area contributed by atoms with Crippen LogP contribution in [-0.2, 0) is 26.7 Å². The van der Waals surface area contributed by atoms with Crippen LogP contribution in [0, 0.1) is 18.3 Å². The maximum atomic E-state index is 11.9. The number of allylic oxidation sites excluding steroid dienone is 1. The Balaban J connectivity index is 2.59. The van der Waals surface area contributed by atoms with Crippen molar-refractivity contribution in [1.29, 1.82) is 5.26 Å². The molecule has 0 radical (unpaired) electrons. The number of hydrogen-bond donors (Lipinski definition) is 0. The van der Waals surface area contributed by atoms with Gasteiger partial charge in [0.2, 0.25) is 6.29 Å². The molecule has 0 N–H and O–H groups in total. The summed E-state index contributed by atoms with van der Waals surface area (Å²) in [7, 11) is 1.73. The number of carbonyl (C=O) groups excluding carboxylic acids is 1. The summed E-state index contributed by atoms with van der Waals surface area (Å²) >= 11 is 6.51. The van der Waals surface area contributed by atoms with E-state index in [-0.39, 0.29) is 29.1 Å². The molecule has 0 amide bonds. The molecule has 0 aliphatic heterocycles. The summed E-state index contributed by atoms with van der Waals surface area (Å²) in [6.07, 6.45) is 0.0555. The molecule has 166 valence electrons. The van der Waals surface area contributed by atoms with Crippen molar-refractivity contribution in [3.05, 3.63) is 51.8 Å². The number of carbonyl (C=O) groups is 1. The normalized spacial score (nSPS) is 13.3. The first-order chi connectivity index (χ1) is 14.5. The van der Waals surface area contributed by atoms with Crippen molar-refractivity contribution < 1.29 is 14.3 Å². The van der Waals surface area contributed by atoms with Crippen LogP contribution in [0.25, 0.3) is 11.3 Å². The van der Waals surface area contributed by atoms with E-state index in [1.165, 1.54) is 0 Å². The summed E-state index contributed by atoms with van der Waals surface area (Å²) in [4.78, 5) is 11.9. The zero-order valence-electron chi connectivity index (χ0n) is 19.2. The summed E-state index contributed by atoms with van der Waals surface area (Å²) in [5.41, 5.74) is 3.15. The van der Waals surface area contributed by atoms with Crippen LogP contribution in [0.2, 0.25) is 5.02 Å². The van der Waals surface area contributed by atoms with Crippen molar-refractivity contribution in [1.82, 2.24) is 9.78 Å². The third kappa shape index (κ3) is 5.89. The van der Waals surface area contributed by atoms with Crippen LogP contribution < -0.4 is 0 Å². The smallest absolute Gasteiger partial charge is 0.308 e. The lowest BCUT2D eigenvalue weighted by Crippen LogP contribution is -2.19. The number of esters is 1. The van der Waals surface area contributed by atoms with Gasteiger partial charge in [-0.25, -0.2) is 0 Å². The van der Waals surface area contributed by atoms with Crippen LogP contribution in [0.1, 0.15) is 70.0 Å². The van der Waals surface area contributed by atoms with E-state index in [0.29, 0.717) is 28.4 Å². The number of aryl methyl sites for hydroxylation is 2. The molecule has 0 aliphatic rings. The third-order valence-corrected chi connectivity index (χ3v) is 5.23. The van der Waals surface area contributed by atoms with Gasteiger partial charge in [0.1, 0.15) is 17.3 Å². The Morgan fingerprint density at radius 3 is 2.32 bits per heavy atom. The topological polar surface area (TPSA) is 77.1 Å². The van der Waals surface area contributed by atoms with Crippen LogP contribution in [0.3, 0.4) is 0 Å². The highest BCUT2D eigenvalue weighted by atomic mass is 35.5. The van der Waals surface area contributed by atoms with Gasteiger partial charge in [-0.05, 0) is 29.9 Å². The maximum Gasteiger partial charge on any atom is 0.308 e. The molecule has 2 rings (SSSR count). The Bertz CT molecular complexity index is 1010. The quantitative estimate of drug-likeness (QED) is 0.234. The first-order valence-electron chi connectivity index (χ1n) is 10.3. The van der Waals surface area contributed by atoms with Gasteiger partial charge >= 0.3 is 5.97 Å². The number of halogens is 1. The molecule has 1 aromatic heterocycles. The molecule has 0 saturated carbocycles. The largest absolute Gasteiger partial charge is 0.451 e. The van der Waals surface area contributed by atoms with Crippen molar-refractivity contribution in [3.8, 4) is 6.07 Å². The molecule has 1 unspecified atom stereocenters. The minimum absolute atomic E-state index is 0.0150. The van der Waals surface area contributed by atoms with Gasteiger partial charge in [-0.1, -0.05) is 63.6 Å². The second-order valence-electron chi connectivity index (χ2n) is 8.44. The highest BCUT2D eigenvalue weighted by molar-refractivity contribution is 6.33. The van der Waals surface area contributed by atoms with Gasteiger partial charge < -0.3 is 9.47 Å². The lowest BCUT2D eigenvalue weighted by Gasteiger charge is -2.21. The summed E-state index contributed by atoms with van der Waals surface area (Å²) in [6.45, 7) is 11.7. The summed E-state index contributed by atoms with van der Waals surface area (Å²) < 4.78 is 12.9. The van der Waals surface area contributed by atoms with Crippen LogP contribution in [0.5, 0.6) is 0 Å². The molecule has 0 spiro atoms. The third-order valence-electron chi connectivity index (χ3n) is 4.78. The molecule has 1 aromatic carbocycles. The van der Waals surface area contributed by atoms with E-state index in [4.69, 9.17) is 21.1 Å². The molecule has 0 aliphatic carbocycles. The molecule has 31 heavy (non-hydrogen) atoms.